The molecular weight excluding hydrogens is 395 g/mol. The molecule has 5 nitrogen and oxygen atoms in total. The van der Waals surface area contributed by atoms with Gasteiger partial charge in [0.25, 0.3) is 5.91 Å². The molecule has 2 N–H and O–H groups in total. The van der Waals surface area contributed by atoms with Crippen molar-refractivity contribution in [1.29, 1.82) is 0 Å². The summed E-state index contributed by atoms with van der Waals surface area (Å²) in [6.07, 6.45) is 7.75. The number of amides is 1. The van der Waals surface area contributed by atoms with Crippen LogP contribution in [-0.2, 0) is 4.79 Å². The van der Waals surface area contributed by atoms with Crippen LogP contribution in [0.5, 0.6) is 0 Å². The van der Waals surface area contributed by atoms with Crippen molar-refractivity contribution in [1.82, 2.24) is 15.3 Å². The van der Waals surface area contributed by atoms with E-state index in [1.54, 1.807) is 12.3 Å². The fourth-order valence-corrected chi connectivity index (χ4v) is 4.20. The lowest BCUT2D eigenvalue weighted by Crippen LogP contribution is -2.38. The van der Waals surface area contributed by atoms with Crippen LogP contribution in [0, 0.1) is 13.8 Å². The molecule has 0 radical (unpaired) electrons. The Morgan fingerprint density at radius 2 is 1.96 bits per heavy atom. The zero-order valence-electron chi connectivity index (χ0n) is 16.3. The average Bonchev–Trinajstić information content (AvgIpc) is 2.95. The predicted molar refractivity (Wildman–Crippen MR) is 116 cm³/mol. The van der Waals surface area contributed by atoms with E-state index in [-0.39, 0.29) is 5.91 Å². The molecule has 1 amide bonds. The minimum absolute atomic E-state index is 0.128. The van der Waals surface area contributed by atoms with Crippen molar-refractivity contribution in [3.05, 3.63) is 51.3 Å². The maximum Gasteiger partial charge on any atom is 0.254 e. The van der Waals surface area contributed by atoms with Gasteiger partial charge in [-0.2, -0.15) is 5.10 Å². The van der Waals surface area contributed by atoms with E-state index in [1.807, 2.05) is 36.6 Å². The molecule has 1 aliphatic rings. The second-order valence-electron chi connectivity index (χ2n) is 7.27. The van der Waals surface area contributed by atoms with Gasteiger partial charge in [-0.3, -0.25) is 4.79 Å². The van der Waals surface area contributed by atoms with E-state index in [1.165, 1.54) is 19.3 Å². The van der Waals surface area contributed by atoms with Gasteiger partial charge in [0.2, 0.25) is 0 Å². The van der Waals surface area contributed by atoms with E-state index < -0.39 is 0 Å². The summed E-state index contributed by atoms with van der Waals surface area (Å²) >= 11 is 12.4. The highest BCUT2D eigenvalue weighted by Gasteiger charge is 2.14. The molecule has 3 rings (SSSR count). The number of aromatic nitrogens is 1. The molecule has 0 unspecified atom stereocenters. The van der Waals surface area contributed by atoms with Gasteiger partial charge in [0.15, 0.2) is 0 Å². The molecule has 1 saturated carbocycles. The van der Waals surface area contributed by atoms with Gasteiger partial charge in [0.05, 0.1) is 23.5 Å². The topological polar surface area (TPSA) is 58.4 Å². The molecule has 2 aromatic rings. The number of nitrogens with one attached hydrogen (secondary N) is 2. The second kappa shape index (κ2) is 9.59. The molecule has 150 valence electrons. The number of rotatable bonds is 6. The van der Waals surface area contributed by atoms with Gasteiger partial charge in [-0.15, -0.1) is 0 Å². The van der Waals surface area contributed by atoms with Crippen molar-refractivity contribution < 1.29 is 4.79 Å². The summed E-state index contributed by atoms with van der Waals surface area (Å²) in [6, 6.07) is 7.90. The molecule has 1 aromatic carbocycles. The number of halogens is 2. The number of aryl methyl sites for hydroxylation is 1. The van der Waals surface area contributed by atoms with E-state index in [0.717, 1.165) is 35.5 Å². The molecule has 1 fully saturated rings. The molecule has 0 aliphatic heterocycles. The van der Waals surface area contributed by atoms with E-state index in [9.17, 15) is 4.79 Å². The largest absolute Gasteiger partial charge is 0.316 e. The number of benzene rings is 1. The third kappa shape index (κ3) is 5.16. The van der Waals surface area contributed by atoms with Gasteiger partial charge >= 0.3 is 0 Å². The van der Waals surface area contributed by atoms with Crippen LogP contribution in [0.25, 0.3) is 5.69 Å². The number of carbonyl (C=O) groups is 1. The van der Waals surface area contributed by atoms with Crippen LogP contribution >= 0.6 is 23.2 Å². The van der Waals surface area contributed by atoms with Crippen LogP contribution in [0.1, 0.15) is 49.1 Å². The smallest absolute Gasteiger partial charge is 0.254 e. The van der Waals surface area contributed by atoms with Crippen LogP contribution < -0.4 is 10.7 Å². The Balaban J connectivity index is 1.62. The minimum atomic E-state index is -0.128. The Morgan fingerprint density at radius 1 is 1.21 bits per heavy atom. The number of hydrogen-bond donors (Lipinski definition) is 2. The lowest BCUT2D eigenvalue weighted by molar-refractivity contribution is -0.120. The van der Waals surface area contributed by atoms with E-state index in [2.05, 4.69) is 15.8 Å². The van der Waals surface area contributed by atoms with Crippen molar-refractivity contribution in [3.8, 4) is 5.69 Å². The molecule has 1 aromatic heterocycles. The summed E-state index contributed by atoms with van der Waals surface area (Å²) in [7, 11) is 0. The first kappa shape index (κ1) is 20.9. The van der Waals surface area contributed by atoms with E-state index >= 15 is 0 Å². The number of nitrogens with zero attached hydrogens (tertiary/aromatic N) is 2. The van der Waals surface area contributed by atoms with Crippen molar-refractivity contribution in [3.63, 3.8) is 0 Å². The van der Waals surface area contributed by atoms with Gasteiger partial charge in [-0.25, -0.2) is 5.43 Å². The highest BCUT2D eigenvalue weighted by molar-refractivity contribution is 6.35. The zero-order valence-corrected chi connectivity index (χ0v) is 17.8. The Bertz CT molecular complexity index is 870. The van der Waals surface area contributed by atoms with Gasteiger partial charge < -0.3 is 9.88 Å². The highest BCUT2D eigenvalue weighted by atomic mass is 35.5. The standard InChI is InChI=1S/C21H26Cl2N4O/c1-14-10-16(15(2)27(14)20-9-8-17(22)11-19(20)23)12-25-26-21(28)13-24-18-6-4-3-5-7-18/h8-12,18,24H,3-7,13H2,1-2H3,(H,26,28)/b25-12-. The van der Waals surface area contributed by atoms with Crippen molar-refractivity contribution in [2.75, 3.05) is 6.54 Å². The fraction of sp³-hybridized carbons (Fsp3) is 0.429. The highest BCUT2D eigenvalue weighted by Crippen LogP contribution is 2.28. The Labute approximate surface area is 176 Å². The average molecular weight is 421 g/mol. The van der Waals surface area contributed by atoms with Crippen LogP contribution in [0.2, 0.25) is 10.0 Å². The van der Waals surface area contributed by atoms with Gasteiger partial charge in [0.1, 0.15) is 0 Å². The first-order chi connectivity index (χ1) is 13.5. The second-order valence-corrected chi connectivity index (χ2v) is 8.11. The molecule has 0 atom stereocenters. The summed E-state index contributed by atoms with van der Waals surface area (Å²) < 4.78 is 2.05. The number of carbonyl (C=O) groups excluding carboxylic acids is 1. The molecular formula is C21H26Cl2N4O. The summed E-state index contributed by atoms with van der Waals surface area (Å²) in [4.78, 5) is 12.0. The van der Waals surface area contributed by atoms with Crippen LogP contribution in [-0.4, -0.2) is 29.3 Å². The zero-order chi connectivity index (χ0) is 20.1. The number of hydrogen-bond acceptors (Lipinski definition) is 3. The monoisotopic (exact) mass is 420 g/mol. The minimum Gasteiger partial charge on any atom is -0.316 e. The predicted octanol–water partition coefficient (Wildman–Crippen LogP) is 4.77. The quantitative estimate of drug-likeness (QED) is 0.521. The van der Waals surface area contributed by atoms with Crippen LogP contribution in [0.15, 0.2) is 29.4 Å². The van der Waals surface area contributed by atoms with Crippen molar-refractivity contribution >= 4 is 35.3 Å². The first-order valence-corrected chi connectivity index (χ1v) is 10.4. The number of hydrazone groups is 1. The molecule has 0 bridgehead atoms. The molecule has 28 heavy (non-hydrogen) atoms. The van der Waals surface area contributed by atoms with Gasteiger partial charge in [-0.1, -0.05) is 42.5 Å². The molecule has 1 heterocycles. The van der Waals surface area contributed by atoms with Crippen molar-refractivity contribution in [2.45, 2.75) is 52.0 Å². The molecule has 7 heteroatoms. The Hall–Kier alpha value is -1.82. The summed E-state index contributed by atoms with van der Waals surface area (Å²) in [5.41, 5.74) is 6.39. The van der Waals surface area contributed by atoms with Crippen LogP contribution in [0.4, 0.5) is 0 Å². The third-order valence-electron chi connectivity index (χ3n) is 5.17. The summed E-state index contributed by atoms with van der Waals surface area (Å²) in [6.45, 7) is 4.29. The van der Waals surface area contributed by atoms with Crippen molar-refractivity contribution in [2.24, 2.45) is 5.10 Å². The Kier molecular flexibility index (Phi) is 7.16. The van der Waals surface area contributed by atoms with Crippen LogP contribution in [0.3, 0.4) is 0 Å². The summed E-state index contributed by atoms with van der Waals surface area (Å²) in [5, 5.41) is 8.61. The first-order valence-electron chi connectivity index (χ1n) is 9.65. The lowest BCUT2D eigenvalue weighted by atomic mass is 9.95. The van der Waals surface area contributed by atoms with Gasteiger partial charge in [0, 0.05) is 28.0 Å². The Morgan fingerprint density at radius 3 is 2.68 bits per heavy atom. The van der Waals surface area contributed by atoms with E-state index in [4.69, 9.17) is 23.2 Å². The maximum atomic E-state index is 12.0. The maximum absolute atomic E-state index is 12.0. The van der Waals surface area contributed by atoms with E-state index in [0.29, 0.717) is 22.6 Å². The SMILES string of the molecule is Cc1cc(/C=N\NC(=O)CNC2CCCCC2)c(C)n1-c1ccc(Cl)cc1Cl. The lowest BCUT2D eigenvalue weighted by Gasteiger charge is -2.22. The fourth-order valence-electron chi connectivity index (χ4n) is 3.71. The summed E-state index contributed by atoms with van der Waals surface area (Å²) in [5.74, 6) is -0.128. The third-order valence-corrected chi connectivity index (χ3v) is 5.71. The molecule has 0 spiro atoms. The molecule has 1 aliphatic carbocycles. The normalized spacial score (nSPS) is 15.3. The molecule has 0 saturated heterocycles. The van der Waals surface area contributed by atoms with Gasteiger partial charge in [-0.05, 0) is 51.0 Å².